The van der Waals surface area contributed by atoms with Gasteiger partial charge in [-0.15, -0.1) is 10.2 Å². The Morgan fingerprint density at radius 2 is 1.77 bits per heavy atom. The maximum Gasteiger partial charge on any atom is 0.247 e. The van der Waals surface area contributed by atoms with Crippen LogP contribution < -0.4 is 10.1 Å². The monoisotopic (exact) mass is 433 g/mol. The van der Waals surface area contributed by atoms with Crippen LogP contribution >= 0.6 is 23.4 Å². The summed E-state index contributed by atoms with van der Waals surface area (Å²) in [5.74, 6) is 1.16. The number of nitrogens with zero attached hydrogens (tertiary/aromatic N) is 4. The van der Waals surface area contributed by atoms with Crippen LogP contribution in [0.4, 0.5) is 5.69 Å². The van der Waals surface area contributed by atoms with Crippen molar-refractivity contribution in [2.24, 2.45) is 0 Å². The molecule has 30 heavy (non-hydrogen) atoms. The highest BCUT2D eigenvalue weighted by Gasteiger charge is 2.25. The smallest absolute Gasteiger partial charge is 0.247 e. The highest BCUT2D eigenvalue weighted by Crippen LogP contribution is 2.39. The first-order valence-electron chi connectivity index (χ1n) is 9.31. The molecule has 0 aliphatic carbocycles. The molecule has 1 aliphatic heterocycles. The van der Waals surface area contributed by atoms with E-state index >= 15 is 0 Å². The number of hydrogen-bond acceptors (Lipinski definition) is 7. The van der Waals surface area contributed by atoms with Gasteiger partial charge in [0.2, 0.25) is 11.0 Å². The second kappa shape index (κ2) is 8.30. The van der Waals surface area contributed by atoms with Crippen LogP contribution in [0.3, 0.4) is 0 Å². The summed E-state index contributed by atoms with van der Waals surface area (Å²) in [4.78, 5) is 8.76. The van der Waals surface area contributed by atoms with Crippen LogP contribution in [0.25, 0.3) is 11.3 Å². The number of benzene rings is 2. The Hall–Kier alpha value is -3.16. The maximum atomic E-state index is 6.25. The molecule has 5 rings (SSSR count). The van der Waals surface area contributed by atoms with Crippen LogP contribution in [0.5, 0.6) is 5.88 Å². The summed E-state index contributed by atoms with van der Waals surface area (Å²) in [6.07, 6.45) is 3.06. The average molecular weight is 434 g/mol. The third-order valence-electron chi connectivity index (χ3n) is 4.62. The molecule has 1 atom stereocenters. The van der Waals surface area contributed by atoms with Gasteiger partial charge in [0, 0.05) is 40.0 Å². The molecule has 0 saturated heterocycles. The minimum Gasteiger partial charge on any atom is -0.448 e. The third-order valence-corrected chi connectivity index (χ3v) is 5.78. The highest BCUT2D eigenvalue weighted by molar-refractivity contribution is 7.98. The van der Waals surface area contributed by atoms with Gasteiger partial charge in [-0.3, -0.25) is 4.98 Å². The molecule has 0 amide bonds. The first-order valence-corrected chi connectivity index (χ1v) is 10.7. The molecule has 0 spiro atoms. The zero-order chi connectivity index (χ0) is 20.3. The molecule has 0 bridgehead atoms. The molecular weight excluding hydrogens is 418 g/mol. The number of fused-ring (bicyclic) bond motifs is 3. The minimum atomic E-state index is -0.416. The number of nitrogens with one attached hydrogen (secondary N) is 1. The van der Waals surface area contributed by atoms with Crippen molar-refractivity contribution < 1.29 is 4.74 Å². The van der Waals surface area contributed by atoms with Gasteiger partial charge in [-0.05, 0) is 35.9 Å². The van der Waals surface area contributed by atoms with Crippen molar-refractivity contribution in [2.45, 2.75) is 17.1 Å². The van der Waals surface area contributed by atoms with E-state index in [-0.39, 0.29) is 0 Å². The van der Waals surface area contributed by atoms with Gasteiger partial charge in [0.15, 0.2) is 11.9 Å². The van der Waals surface area contributed by atoms with Gasteiger partial charge in [-0.1, -0.05) is 53.7 Å². The largest absolute Gasteiger partial charge is 0.448 e. The van der Waals surface area contributed by atoms with Crippen molar-refractivity contribution in [1.29, 1.82) is 0 Å². The Bertz CT molecular complexity index is 1170. The van der Waals surface area contributed by atoms with Gasteiger partial charge in [0.25, 0.3) is 0 Å². The van der Waals surface area contributed by atoms with E-state index in [2.05, 4.69) is 25.5 Å². The number of ether oxygens (including phenoxy) is 1. The van der Waals surface area contributed by atoms with Gasteiger partial charge in [0.1, 0.15) is 0 Å². The predicted octanol–water partition coefficient (Wildman–Crippen LogP) is 5.38. The van der Waals surface area contributed by atoms with Crippen LogP contribution in [0, 0.1) is 0 Å². The normalized spacial score (nSPS) is 14.6. The van der Waals surface area contributed by atoms with E-state index in [1.807, 2.05) is 60.7 Å². The number of anilines is 1. The van der Waals surface area contributed by atoms with Gasteiger partial charge in [0.05, 0.1) is 0 Å². The van der Waals surface area contributed by atoms with E-state index in [1.165, 1.54) is 11.8 Å². The van der Waals surface area contributed by atoms with Gasteiger partial charge in [-0.2, -0.15) is 4.98 Å². The Morgan fingerprint density at radius 1 is 0.967 bits per heavy atom. The van der Waals surface area contributed by atoms with Crippen molar-refractivity contribution in [1.82, 2.24) is 20.2 Å². The lowest BCUT2D eigenvalue weighted by atomic mass is 10.1. The fourth-order valence-corrected chi connectivity index (χ4v) is 3.99. The number of para-hydroxylation sites is 1. The second-order valence-electron chi connectivity index (χ2n) is 6.63. The third kappa shape index (κ3) is 3.94. The van der Waals surface area contributed by atoms with Crippen molar-refractivity contribution >= 4 is 29.1 Å². The number of thioether (sulfide) groups is 1. The Labute approximate surface area is 182 Å². The van der Waals surface area contributed by atoms with Crippen LogP contribution in [0.2, 0.25) is 5.02 Å². The van der Waals surface area contributed by atoms with E-state index in [9.17, 15) is 0 Å². The second-order valence-corrected chi connectivity index (χ2v) is 8.01. The van der Waals surface area contributed by atoms with Gasteiger partial charge >= 0.3 is 0 Å². The molecule has 2 aromatic heterocycles. The van der Waals surface area contributed by atoms with Crippen LogP contribution in [-0.2, 0) is 5.75 Å². The van der Waals surface area contributed by atoms with Crippen LogP contribution in [0.15, 0.2) is 78.2 Å². The zero-order valence-electron chi connectivity index (χ0n) is 15.7. The van der Waals surface area contributed by atoms with Crippen LogP contribution in [-0.4, -0.2) is 20.2 Å². The summed E-state index contributed by atoms with van der Waals surface area (Å²) in [6, 6.07) is 19.5. The quantitative estimate of drug-likeness (QED) is 0.433. The SMILES string of the molecule is Clc1ccc(CSc2nnc3c(n2)OC(c2ccncc2)Nc2ccccc2-3)cc1. The number of aromatic nitrogens is 4. The molecule has 0 radical (unpaired) electrons. The first-order chi connectivity index (χ1) is 14.8. The summed E-state index contributed by atoms with van der Waals surface area (Å²) in [6.45, 7) is 0. The summed E-state index contributed by atoms with van der Waals surface area (Å²) < 4.78 is 6.25. The lowest BCUT2D eigenvalue weighted by Gasteiger charge is -2.19. The molecule has 1 N–H and O–H groups in total. The van der Waals surface area contributed by atoms with Crippen molar-refractivity contribution in [2.75, 3.05) is 5.32 Å². The standard InChI is InChI=1S/C22H16ClN5OS/c23-16-7-5-14(6-8-16)13-30-22-26-21-19(27-28-22)17-3-1-2-4-18(17)25-20(29-21)15-9-11-24-12-10-15/h1-12,20,25H,13H2. The molecule has 2 aromatic carbocycles. The molecule has 148 valence electrons. The number of halogens is 1. The topological polar surface area (TPSA) is 72.8 Å². The van der Waals surface area contributed by atoms with E-state index in [0.29, 0.717) is 27.5 Å². The number of pyridine rings is 1. The average Bonchev–Trinajstić information content (AvgIpc) is 2.96. The molecule has 1 aliphatic rings. The summed E-state index contributed by atoms with van der Waals surface area (Å²) in [5, 5.41) is 13.5. The predicted molar refractivity (Wildman–Crippen MR) is 118 cm³/mol. The molecule has 4 aromatic rings. The van der Waals surface area contributed by atoms with Crippen molar-refractivity contribution in [3.8, 4) is 17.1 Å². The number of rotatable bonds is 4. The van der Waals surface area contributed by atoms with E-state index in [1.54, 1.807) is 12.4 Å². The molecule has 1 unspecified atom stereocenters. The fourth-order valence-electron chi connectivity index (χ4n) is 3.13. The lowest BCUT2D eigenvalue weighted by molar-refractivity contribution is 0.225. The van der Waals surface area contributed by atoms with Crippen molar-refractivity contribution in [3.05, 3.63) is 89.2 Å². The molecular formula is C22H16ClN5OS. The summed E-state index contributed by atoms with van der Waals surface area (Å²) in [7, 11) is 0. The van der Waals surface area contributed by atoms with E-state index in [0.717, 1.165) is 22.4 Å². The van der Waals surface area contributed by atoms with Crippen molar-refractivity contribution in [3.63, 3.8) is 0 Å². The maximum absolute atomic E-state index is 6.25. The Morgan fingerprint density at radius 3 is 2.60 bits per heavy atom. The van der Waals surface area contributed by atoms with Crippen LogP contribution in [0.1, 0.15) is 17.4 Å². The van der Waals surface area contributed by atoms with E-state index < -0.39 is 6.23 Å². The summed E-state index contributed by atoms with van der Waals surface area (Å²) >= 11 is 7.46. The first kappa shape index (κ1) is 18.8. The summed E-state index contributed by atoms with van der Waals surface area (Å²) in [5.41, 5.74) is 4.51. The molecule has 0 fully saturated rings. The van der Waals surface area contributed by atoms with Gasteiger partial charge in [-0.25, -0.2) is 0 Å². The zero-order valence-corrected chi connectivity index (χ0v) is 17.3. The highest BCUT2D eigenvalue weighted by atomic mass is 35.5. The fraction of sp³-hybridized carbons (Fsp3) is 0.0909. The Kier molecular flexibility index (Phi) is 5.21. The minimum absolute atomic E-state index is 0.416. The molecule has 3 heterocycles. The molecule has 8 heteroatoms. The molecule has 6 nitrogen and oxygen atoms in total. The number of hydrogen-bond donors (Lipinski definition) is 1. The lowest BCUT2D eigenvalue weighted by Crippen LogP contribution is -2.17. The van der Waals surface area contributed by atoms with E-state index in [4.69, 9.17) is 16.3 Å². The molecule has 0 saturated carbocycles. The Balaban J connectivity index is 1.48. The van der Waals surface area contributed by atoms with Gasteiger partial charge < -0.3 is 10.1 Å².